The monoisotopic (exact) mass is 381 g/mol. The van der Waals surface area contributed by atoms with Crippen molar-refractivity contribution in [3.05, 3.63) is 62.7 Å². The summed E-state index contributed by atoms with van der Waals surface area (Å²) in [4.78, 5) is 30.9. The number of carbonyl (C=O) groups excluding carboxylic acids is 1. The van der Waals surface area contributed by atoms with E-state index < -0.39 is 31.6 Å². The van der Waals surface area contributed by atoms with E-state index in [1.54, 1.807) is 0 Å². The minimum absolute atomic E-state index is 0.123. The Labute approximate surface area is 146 Å². The summed E-state index contributed by atoms with van der Waals surface area (Å²) in [6, 6.07) is 7.02. The zero-order valence-corrected chi connectivity index (χ0v) is 13.9. The molecule has 0 atom stereocenters. The van der Waals surface area contributed by atoms with Gasteiger partial charge in [0.05, 0.1) is 15.9 Å². The minimum atomic E-state index is -4.37. The normalized spacial score (nSPS) is 10.8. The molecule has 0 fully saturated rings. The van der Waals surface area contributed by atoms with Crippen LogP contribution in [0.3, 0.4) is 0 Å². The van der Waals surface area contributed by atoms with E-state index in [1.165, 1.54) is 0 Å². The highest BCUT2D eigenvalue weighted by molar-refractivity contribution is 7.87. The molecule has 2 aromatic rings. The molecule has 0 aliphatic heterocycles. The van der Waals surface area contributed by atoms with Crippen molar-refractivity contribution in [2.24, 2.45) is 0 Å². The number of non-ortho nitro benzene ring substituents is 1. The van der Waals surface area contributed by atoms with Gasteiger partial charge in [0.2, 0.25) is 5.91 Å². The lowest BCUT2D eigenvalue weighted by Gasteiger charge is -2.09. The van der Waals surface area contributed by atoms with E-state index in [-0.39, 0.29) is 22.0 Å². The first-order valence-corrected chi connectivity index (χ1v) is 8.26. The SMILES string of the molecule is CC(=O)Nc1ccc(OS(=O)(=O)c2ccc([N+](=O)[O-])cc2)cc1[N+](=O)[O-]. The van der Waals surface area contributed by atoms with Gasteiger partial charge in [-0.1, -0.05) is 0 Å². The summed E-state index contributed by atoms with van der Waals surface area (Å²) in [6.07, 6.45) is 0. The molecule has 0 aliphatic rings. The van der Waals surface area contributed by atoms with Crippen LogP contribution in [0.1, 0.15) is 6.92 Å². The van der Waals surface area contributed by atoms with Gasteiger partial charge in [0.25, 0.3) is 11.4 Å². The number of nitro benzene ring substituents is 2. The van der Waals surface area contributed by atoms with Gasteiger partial charge in [-0.2, -0.15) is 8.42 Å². The Hall–Kier alpha value is -3.54. The summed E-state index contributed by atoms with van der Waals surface area (Å²) in [6.45, 7) is 1.16. The number of nitrogens with zero attached hydrogens (tertiary/aromatic N) is 2. The molecular formula is C14H11N3O8S. The van der Waals surface area contributed by atoms with Crippen molar-refractivity contribution in [3.8, 4) is 5.75 Å². The smallest absolute Gasteiger partial charge is 0.339 e. The molecule has 12 heteroatoms. The Morgan fingerprint density at radius 3 is 2.15 bits per heavy atom. The van der Waals surface area contributed by atoms with Crippen LogP contribution >= 0.6 is 0 Å². The van der Waals surface area contributed by atoms with Crippen molar-refractivity contribution < 1.29 is 27.2 Å². The van der Waals surface area contributed by atoms with Gasteiger partial charge in [0.1, 0.15) is 16.3 Å². The molecule has 11 nitrogen and oxygen atoms in total. The average Bonchev–Trinajstić information content (AvgIpc) is 2.55. The molecule has 26 heavy (non-hydrogen) atoms. The first-order chi connectivity index (χ1) is 12.1. The number of hydrogen-bond acceptors (Lipinski definition) is 8. The van der Waals surface area contributed by atoms with Gasteiger partial charge in [-0.25, -0.2) is 0 Å². The summed E-state index contributed by atoms with van der Waals surface area (Å²) in [5.41, 5.74) is -0.988. The fourth-order valence-electron chi connectivity index (χ4n) is 1.92. The van der Waals surface area contributed by atoms with E-state index in [4.69, 9.17) is 4.18 Å². The van der Waals surface area contributed by atoms with Gasteiger partial charge in [-0.15, -0.1) is 0 Å². The number of nitro groups is 2. The highest BCUT2D eigenvalue weighted by Gasteiger charge is 2.22. The Bertz CT molecular complexity index is 986. The van der Waals surface area contributed by atoms with Gasteiger partial charge in [-0.05, 0) is 24.3 Å². The molecule has 0 saturated carbocycles. The third-order valence-corrected chi connectivity index (χ3v) is 4.28. The van der Waals surface area contributed by atoms with Crippen LogP contribution < -0.4 is 9.50 Å². The van der Waals surface area contributed by atoms with Gasteiger partial charge < -0.3 is 9.50 Å². The Balaban J connectivity index is 2.34. The second-order valence-corrected chi connectivity index (χ2v) is 6.45. The summed E-state index contributed by atoms with van der Waals surface area (Å²) in [7, 11) is -4.37. The summed E-state index contributed by atoms with van der Waals surface area (Å²) < 4.78 is 29.2. The maximum Gasteiger partial charge on any atom is 0.339 e. The minimum Gasteiger partial charge on any atom is -0.379 e. The first-order valence-electron chi connectivity index (χ1n) is 6.85. The van der Waals surface area contributed by atoms with Crippen LogP contribution in [0, 0.1) is 20.2 Å². The summed E-state index contributed by atoms with van der Waals surface area (Å²) in [5.74, 6) is -0.899. The van der Waals surface area contributed by atoms with Crippen LogP contribution in [-0.4, -0.2) is 24.2 Å². The predicted molar refractivity (Wildman–Crippen MR) is 88.3 cm³/mol. The number of carbonyl (C=O) groups is 1. The van der Waals surface area contributed by atoms with Crippen molar-refractivity contribution in [3.63, 3.8) is 0 Å². The molecule has 0 aromatic heterocycles. The lowest BCUT2D eigenvalue weighted by molar-refractivity contribution is -0.384. The largest absolute Gasteiger partial charge is 0.379 e. The number of amides is 1. The molecule has 1 N–H and O–H groups in total. The molecular weight excluding hydrogens is 370 g/mol. The molecule has 0 spiro atoms. The van der Waals surface area contributed by atoms with E-state index in [1.807, 2.05) is 0 Å². The van der Waals surface area contributed by atoms with Crippen LogP contribution in [0.4, 0.5) is 17.1 Å². The van der Waals surface area contributed by atoms with Crippen molar-refractivity contribution in [1.29, 1.82) is 0 Å². The second-order valence-electron chi connectivity index (χ2n) is 4.91. The number of rotatable bonds is 6. The third-order valence-electron chi connectivity index (χ3n) is 3.02. The highest BCUT2D eigenvalue weighted by atomic mass is 32.2. The Morgan fingerprint density at radius 2 is 1.65 bits per heavy atom. The number of hydrogen-bond donors (Lipinski definition) is 1. The zero-order valence-electron chi connectivity index (χ0n) is 13.1. The number of nitrogens with one attached hydrogen (secondary N) is 1. The molecule has 0 heterocycles. The molecule has 0 unspecified atom stereocenters. The quantitative estimate of drug-likeness (QED) is 0.453. The number of benzene rings is 2. The Kier molecular flexibility index (Phi) is 5.16. The van der Waals surface area contributed by atoms with Crippen molar-refractivity contribution >= 4 is 33.1 Å². The van der Waals surface area contributed by atoms with E-state index in [2.05, 4.69) is 5.32 Å². The van der Waals surface area contributed by atoms with Crippen LogP contribution in [0.5, 0.6) is 5.75 Å². The van der Waals surface area contributed by atoms with Gasteiger partial charge in [0, 0.05) is 19.1 Å². The van der Waals surface area contributed by atoms with Crippen LogP contribution in [0.25, 0.3) is 0 Å². The molecule has 0 bridgehead atoms. The van der Waals surface area contributed by atoms with Crippen LogP contribution in [-0.2, 0) is 14.9 Å². The van der Waals surface area contributed by atoms with Gasteiger partial charge >= 0.3 is 10.1 Å². The maximum absolute atomic E-state index is 12.2. The molecule has 0 saturated heterocycles. The molecule has 1 amide bonds. The third kappa shape index (κ3) is 4.30. The van der Waals surface area contributed by atoms with E-state index in [9.17, 15) is 33.4 Å². The highest BCUT2D eigenvalue weighted by Crippen LogP contribution is 2.30. The summed E-state index contributed by atoms with van der Waals surface area (Å²) in [5, 5.41) is 23.9. The second kappa shape index (κ2) is 7.14. The van der Waals surface area contributed by atoms with Crippen LogP contribution in [0.2, 0.25) is 0 Å². The van der Waals surface area contributed by atoms with Crippen molar-refractivity contribution in [2.75, 3.05) is 5.32 Å². The summed E-state index contributed by atoms with van der Waals surface area (Å²) >= 11 is 0. The standard InChI is InChI=1S/C14H11N3O8S/c1-9(18)15-13-7-4-11(8-14(13)17(21)22)25-26(23,24)12-5-2-10(3-6-12)16(19)20/h2-8H,1H3,(H,15,18). The van der Waals surface area contributed by atoms with Crippen molar-refractivity contribution in [2.45, 2.75) is 11.8 Å². The fourth-order valence-corrected chi connectivity index (χ4v) is 2.84. The molecule has 0 radical (unpaired) electrons. The topological polar surface area (TPSA) is 159 Å². The maximum atomic E-state index is 12.2. The van der Waals surface area contributed by atoms with Crippen LogP contribution in [0.15, 0.2) is 47.4 Å². The first kappa shape index (κ1) is 18.8. The lowest BCUT2D eigenvalue weighted by Crippen LogP contribution is -2.11. The molecule has 2 rings (SSSR count). The van der Waals surface area contributed by atoms with Gasteiger partial charge in [-0.3, -0.25) is 25.0 Å². The van der Waals surface area contributed by atoms with E-state index in [0.29, 0.717) is 0 Å². The number of anilines is 1. The molecule has 136 valence electrons. The van der Waals surface area contributed by atoms with E-state index >= 15 is 0 Å². The molecule has 0 aliphatic carbocycles. The van der Waals surface area contributed by atoms with Gasteiger partial charge in [0.15, 0.2) is 0 Å². The average molecular weight is 381 g/mol. The molecule has 2 aromatic carbocycles. The predicted octanol–water partition coefficient (Wildman–Crippen LogP) is 2.23. The Morgan fingerprint density at radius 1 is 1.04 bits per heavy atom. The fraction of sp³-hybridized carbons (Fsp3) is 0.0714. The van der Waals surface area contributed by atoms with Crippen molar-refractivity contribution in [1.82, 2.24) is 0 Å². The zero-order chi connectivity index (χ0) is 19.5. The lowest BCUT2D eigenvalue weighted by atomic mass is 10.2. The van der Waals surface area contributed by atoms with E-state index in [0.717, 1.165) is 49.4 Å².